The summed E-state index contributed by atoms with van der Waals surface area (Å²) in [5, 5.41) is 3.60. The predicted molar refractivity (Wildman–Crippen MR) is 119 cm³/mol. The number of benzene rings is 1. The number of hydrogen-bond acceptors (Lipinski definition) is 5. The molecule has 0 unspecified atom stereocenters. The van der Waals surface area contributed by atoms with Crippen LogP contribution in [0.4, 0.5) is 0 Å². The zero-order valence-electron chi connectivity index (χ0n) is 16.3. The van der Waals surface area contributed by atoms with E-state index < -0.39 is 0 Å². The number of likely N-dealkylation sites (tertiary alicyclic amines) is 1. The van der Waals surface area contributed by atoms with Crippen LogP contribution in [0.2, 0.25) is 0 Å². The zero-order valence-corrected chi connectivity index (χ0v) is 17.1. The van der Waals surface area contributed by atoms with E-state index in [1.807, 2.05) is 40.6 Å². The van der Waals surface area contributed by atoms with Crippen molar-refractivity contribution in [2.45, 2.75) is 19.3 Å². The molecule has 1 aromatic carbocycles. The number of nitrogens with zero attached hydrogens (tertiary/aromatic N) is 3. The molecule has 0 atom stereocenters. The van der Waals surface area contributed by atoms with Crippen LogP contribution in [0.15, 0.2) is 59.0 Å². The molecule has 0 bridgehead atoms. The average molecular weight is 417 g/mol. The number of carbonyl (C=O) groups excluding carboxylic acids is 1. The lowest BCUT2D eigenvalue weighted by Crippen LogP contribution is -2.35. The Bertz CT molecular complexity index is 1270. The lowest BCUT2D eigenvalue weighted by Gasteiger charge is -2.26. The molecule has 30 heavy (non-hydrogen) atoms. The van der Waals surface area contributed by atoms with Crippen LogP contribution in [-0.4, -0.2) is 38.8 Å². The van der Waals surface area contributed by atoms with Crippen LogP contribution < -0.4 is 5.56 Å². The zero-order chi connectivity index (χ0) is 20.5. The molecule has 0 saturated carbocycles. The van der Waals surface area contributed by atoms with Gasteiger partial charge < -0.3 is 9.88 Å². The number of pyridine rings is 2. The number of hydrogen-bond donors (Lipinski definition) is 1. The molecule has 0 spiro atoms. The minimum Gasteiger partial charge on any atom is -0.339 e. The lowest BCUT2D eigenvalue weighted by molar-refractivity contribution is 0.0724. The van der Waals surface area contributed by atoms with Crippen LogP contribution in [0.5, 0.6) is 0 Å². The molecule has 4 aromatic rings. The van der Waals surface area contributed by atoms with Crippen molar-refractivity contribution in [2.24, 2.45) is 0 Å². The Morgan fingerprint density at radius 3 is 2.63 bits per heavy atom. The van der Waals surface area contributed by atoms with Crippen LogP contribution >= 0.6 is 11.3 Å². The van der Waals surface area contributed by atoms with Gasteiger partial charge in [0, 0.05) is 47.5 Å². The molecule has 3 aromatic heterocycles. The number of amides is 1. The molecule has 150 valence electrons. The third-order valence-corrected chi connectivity index (χ3v) is 6.33. The van der Waals surface area contributed by atoms with Gasteiger partial charge in [-0.1, -0.05) is 6.07 Å². The van der Waals surface area contributed by atoms with E-state index in [1.165, 1.54) is 17.8 Å². The summed E-state index contributed by atoms with van der Waals surface area (Å²) >= 11 is 1.49. The van der Waals surface area contributed by atoms with Gasteiger partial charge in [0.2, 0.25) is 0 Å². The number of rotatable bonds is 3. The number of carbonyl (C=O) groups is 1. The Balaban J connectivity index is 1.48. The number of nitrogens with one attached hydrogen (secondary N) is 1. The fourth-order valence-corrected chi connectivity index (χ4v) is 4.65. The number of piperidine rings is 1. The number of fused-ring (bicyclic) bond motifs is 1. The number of thiazole rings is 1. The quantitative estimate of drug-likeness (QED) is 0.539. The highest BCUT2D eigenvalue weighted by Gasteiger charge is 2.19. The Morgan fingerprint density at radius 2 is 1.83 bits per heavy atom. The summed E-state index contributed by atoms with van der Waals surface area (Å²) < 4.78 is 0. The third kappa shape index (κ3) is 3.52. The summed E-state index contributed by atoms with van der Waals surface area (Å²) in [6.07, 6.45) is 6.73. The van der Waals surface area contributed by atoms with E-state index in [2.05, 4.69) is 15.0 Å². The van der Waals surface area contributed by atoms with Crippen molar-refractivity contribution in [3.8, 4) is 21.8 Å². The highest BCUT2D eigenvalue weighted by molar-refractivity contribution is 7.13. The van der Waals surface area contributed by atoms with E-state index in [-0.39, 0.29) is 11.5 Å². The van der Waals surface area contributed by atoms with Crippen molar-refractivity contribution in [3.05, 3.63) is 70.1 Å². The van der Waals surface area contributed by atoms with Gasteiger partial charge in [-0.3, -0.25) is 14.6 Å². The van der Waals surface area contributed by atoms with Gasteiger partial charge in [-0.15, -0.1) is 11.3 Å². The third-order valence-electron chi connectivity index (χ3n) is 5.44. The van der Waals surface area contributed by atoms with Gasteiger partial charge in [0.15, 0.2) is 0 Å². The highest BCUT2D eigenvalue weighted by Crippen LogP contribution is 2.28. The first-order valence-corrected chi connectivity index (χ1v) is 10.9. The van der Waals surface area contributed by atoms with Gasteiger partial charge >= 0.3 is 0 Å². The summed E-state index contributed by atoms with van der Waals surface area (Å²) in [7, 11) is 0. The molecule has 1 fully saturated rings. The molecule has 1 aliphatic rings. The molecule has 5 rings (SSSR count). The van der Waals surface area contributed by atoms with Crippen LogP contribution in [0.1, 0.15) is 29.6 Å². The van der Waals surface area contributed by atoms with Crippen molar-refractivity contribution in [3.63, 3.8) is 0 Å². The summed E-state index contributed by atoms with van der Waals surface area (Å²) in [5.74, 6) is 0.0306. The molecule has 0 radical (unpaired) electrons. The molecule has 6 nitrogen and oxygen atoms in total. The van der Waals surface area contributed by atoms with Gasteiger partial charge in [-0.05, 0) is 55.0 Å². The van der Waals surface area contributed by atoms with Crippen LogP contribution in [0, 0.1) is 0 Å². The first-order valence-electron chi connectivity index (χ1n) is 10.0. The minimum absolute atomic E-state index is 0.0306. The van der Waals surface area contributed by atoms with E-state index >= 15 is 0 Å². The normalized spacial score (nSPS) is 14.2. The minimum atomic E-state index is -0.211. The molecule has 0 aliphatic carbocycles. The maximum absolute atomic E-state index is 12.8. The van der Waals surface area contributed by atoms with E-state index in [9.17, 15) is 9.59 Å². The number of aromatic amines is 1. The smallest absolute Gasteiger partial charge is 0.257 e. The maximum Gasteiger partial charge on any atom is 0.257 e. The molecule has 1 saturated heterocycles. The Morgan fingerprint density at radius 1 is 1.03 bits per heavy atom. The molecule has 1 aliphatic heterocycles. The summed E-state index contributed by atoms with van der Waals surface area (Å²) in [5.41, 5.74) is 3.20. The second-order valence-electron chi connectivity index (χ2n) is 7.44. The van der Waals surface area contributed by atoms with Crippen LogP contribution in [-0.2, 0) is 0 Å². The summed E-state index contributed by atoms with van der Waals surface area (Å²) in [4.78, 5) is 39.0. The Hall–Kier alpha value is -3.32. The number of H-pyrrole nitrogens is 1. The van der Waals surface area contributed by atoms with Crippen molar-refractivity contribution >= 4 is 28.1 Å². The molecule has 4 heterocycles. The van der Waals surface area contributed by atoms with Gasteiger partial charge in [-0.2, -0.15) is 0 Å². The largest absolute Gasteiger partial charge is 0.339 e. The summed E-state index contributed by atoms with van der Waals surface area (Å²) in [6, 6.07) is 11.1. The lowest BCUT2D eigenvalue weighted by atomic mass is 10.1. The topological polar surface area (TPSA) is 79.0 Å². The average Bonchev–Trinajstić information content (AvgIpc) is 3.29. The second-order valence-corrected chi connectivity index (χ2v) is 8.30. The molecular formula is C23H20N4O2S. The van der Waals surface area contributed by atoms with E-state index in [4.69, 9.17) is 0 Å². The van der Waals surface area contributed by atoms with Gasteiger partial charge in [0.25, 0.3) is 11.5 Å². The predicted octanol–water partition coefficient (Wildman–Crippen LogP) is 4.34. The summed E-state index contributed by atoms with van der Waals surface area (Å²) in [6.45, 7) is 1.60. The monoisotopic (exact) mass is 416 g/mol. The van der Waals surface area contributed by atoms with Gasteiger partial charge in [0.1, 0.15) is 5.01 Å². The fraction of sp³-hybridized carbons (Fsp3) is 0.217. The Labute approximate surface area is 177 Å². The standard InChI is InChI=1S/C23H20N4O2S/c28-21-18(20-14-30-22(26-20)15-6-8-24-9-7-15)12-16-4-5-17(13-19(16)25-21)23(29)27-10-2-1-3-11-27/h4-9,12-14H,1-3,10-11H2,(H,25,28). The van der Waals surface area contributed by atoms with Crippen LogP contribution in [0.3, 0.4) is 0 Å². The van der Waals surface area contributed by atoms with E-state index in [0.717, 1.165) is 41.9 Å². The first-order chi connectivity index (χ1) is 14.7. The first kappa shape index (κ1) is 18.7. The second kappa shape index (κ2) is 7.84. The van der Waals surface area contributed by atoms with Crippen molar-refractivity contribution in [1.82, 2.24) is 19.9 Å². The highest BCUT2D eigenvalue weighted by atomic mass is 32.1. The van der Waals surface area contributed by atoms with Crippen LogP contribution in [0.25, 0.3) is 32.7 Å². The maximum atomic E-state index is 12.8. The number of aromatic nitrogens is 3. The van der Waals surface area contributed by atoms with Crippen molar-refractivity contribution in [2.75, 3.05) is 13.1 Å². The van der Waals surface area contributed by atoms with E-state index in [0.29, 0.717) is 22.3 Å². The molecule has 1 N–H and O–H groups in total. The fourth-order valence-electron chi connectivity index (χ4n) is 3.83. The van der Waals surface area contributed by atoms with Crippen molar-refractivity contribution in [1.29, 1.82) is 0 Å². The van der Waals surface area contributed by atoms with Crippen molar-refractivity contribution < 1.29 is 4.79 Å². The molecular weight excluding hydrogens is 396 g/mol. The SMILES string of the molecule is O=C(c1ccc2cc(-c3csc(-c4ccncc4)n3)c(=O)[nH]c2c1)N1CCCCC1. The van der Waals surface area contributed by atoms with E-state index in [1.54, 1.807) is 18.5 Å². The van der Waals surface area contributed by atoms with Gasteiger partial charge in [-0.25, -0.2) is 4.98 Å². The van der Waals surface area contributed by atoms with Gasteiger partial charge in [0.05, 0.1) is 11.3 Å². The molecule has 7 heteroatoms. The Kier molecular flexibility index (Phi) is 4.88. The molecule has 1 amide bonds.